The zero-order valence-electron chi connectivity index (χ0n) is 35.6. The molecule has 3 aromatic carbocycles. The third kappa shape index (κ3) is 11.0. The molecule has 316 valence electrons. The Hall–Kier alpha value is -5.50. The number of carboxylic acid groups (broad SMARTS) is 1. The molecule has 3 atom stereocenters. The van der Waals surface area contributed by atoms with Crippen LogP contribution in [0.1, 0.15) is 76.7 Å². The minimum absolute atomic E-state index is 0.0737. The standard InChI is InChI=1S/C47H58N8O4S/c1-31-25-47(3,26-41(31)59-24-23-54(6)28-33-15-17-35(49-4)18-16-33)30-51-32(2)39(27-48)37-19-20-42(52-43(37)45(57)58)55-22-21-34-11-10-14-38(40(34)29-55)44(56)53-46(50-5)60-36-12-8-7-9-13-36/h7-20,27,31,41,49H,21-26,28-30,48H2,1-6H3,(H,57,58)(H,50,53,56). The van der Waals surface area contributed by atoms with E-state index >= 15 is 0 Å². The number of aromatic carboxylic acids is 1. The molecular weight excluding hydrogens is 773 g/mol. The van der Waals surface area contributed by atoms with E-state index in [9.17, 15) is 14.7 Å². The number of thioether (sulfide) groups is 1. The summed E-state index contributed by atoms with van der Waals surface area (Å²) in [7, 11) is 5.69. The fourth-order valence-corrected chi connectivity index (χ4v) is 9.00. The predicted molar refractivity (Wildman–Crippen MR) is 244 cm³/mol. The van der Waals surface area contributed by atoms with E-state index in [1.165, 1.54) is 23.5 Å². The number of aromatic nitrogens is 1. The Bertz CT molecular complexity index is 2230. The summed E-state index contributed by atoms with van der Waals surface area (Å²) in [6.45, 7) is 10.3. The van der Waals surface area contributed by atoms with Crippen LogP contribution in [0, 0.1) is 11.3 Å². The molecule has 1 aliphatic carbocycles. The first-order valence-corrected chi connectivity index (χ1v) is 21.3. The Morgan fingerprint density at radius 3 is 2.53 bits per heavy atom. The first-order valence-electron chi connectivity index (χ1n) is 20.5. The lowest BCUT2D eigenvalue weighted by atomic mass is 9.88. The Labute approximate surface area is 358 Å². The monoisotopic (exact) mass is 830 g/mol. The van der Waals surface area contributed by atoms with Crippen LogP contribution >= 0.6 is 11.8 Å². The average molecular weight is 831 g/mol. The van der Waals surface area contributed by atoms with E-state index in [1.807, 2.05) is 73.5 Å². The maximum Gasteiger partial charge on any atom is 0.355 e. The summed E-state index contributed by atoms with van der Waals surface area (Å²) < 4.78 is 6.45. The van der Waals surface area contributed by atoms with Crippen molar-refractivity contribution < 1.29 is 19.4 Å². The molecular formula is C47H58N8O4S. The van der Waals surface area contributed by atoms with Crippen LogP contribution in [0.4, 0.5) is 11.5 Å². The number of likely N-dealkylation sites (N-methyl/N-ethyl adjacent to an activating group) is 1. The number of hydrogen-bond donors (Lipinski definition) is 4. The summed E-state index contributed by atoms with van der Waals surface area (Å²) in [6.07, 6.45) is 4.10. The SMILES string of the molecule is CN=C(NC(=O)c1cccc2c1CN(c1ccc(C(=CN)C(C)=NCC3(C)CC(C)C(OCCN(C)Cc4ccc(NC)cc4)C3)c(C(=O)O)n1)CC2)Sc1ccccc1. The summed E-state index contributed by atoms with van der Waals surface area (Å²) in [5.74, 6) is -0.521. The number of pyridine rings is 1. The lowest BCUT2D eigenvalue weighted by Gasteiger charge is -2.31. The van der Waals surface area contributed by atoms with Gasteiger partial charge in [0.2, 0.25) is 0 Å². The van der Waals surface area contributed by atoms with Crippen LogP contribution < -0.4 is 21.3 Å². The molecule has 0 radical (unpaired) electrons. The van der Waals surface area contributed by atoms with Crippen molar-refractivity contribution in [1.29, 1.82) is 0 Å². The van der Waals surface area contributed by atoms with E-state index in [0.717, 1.165) is 47.6 Å². The van der Waals surface area contributed by atoms with Crippen LogP contribution in [0.2, 0.25) is 0 Å². The molecule has 1 aliphatic heterocycles. The summed E-state index contributed by atoms with van der Waals surface area (Å²) in [5.41, 5.74) is 12.5. The lowest BCUT2D eigenvalue weighted by Crippen LogP contribution is -2.35. The van der Waals surface area contributed by atoms with Gasteiger partial charge in [-0.25, -0.2) is 9.78 Å². The van der Waals surface area contributed by atoms with Crippen molar-refractivity contribution in [2.45, 2.75) is 64.1 Å². The fourth-order valence-electron chi connectivity index (χ4n) is 8.24. The molecule has 1 aromatic heterocycles. The first kappa shape index (κ1) is 44.1. The van der Waals surface area contributed by atoms with Crippen molar-refractivity contribution >= 4 is 51.6 Å². The number of carbonyl (C=O) groups is 2. The van der Waals surface area contributed by atoms with Gasteiger partial charge < -0.3 is 31.1 Å². The number of nitrogens with zero attached hydrogens (tertiary/aromatic N) is 5. The number of nitrogens with one attached hydrogen (secondary N) is 2. The number of nitrogens with two attached hydrogens (primary N) is 1. The number of fused-ring (bicyclic) bond motifs is 1. The molecule has 0 bridgehead atoms. The molecule has 2 heterocycles. The van der Waals surface area contributed by atoms with Crippen molar-refractivity contribution in [2.24, 2.45) is 27.1 Å². The summed E-state index contributed by atoms with van der Waals surface area (Å²) in [4.78, 5) is 45.6. The van der Waals surface area contributed by atoms with Crippen LogP contribution in [0.25, 0.3) is 5.57 Å². The van der Waals surface area contributed by atoms with Gasteiger partial charge in [0.05, 0.1) is 12.7 Å². The van der Waals surface area contributed by atoms with Crippen LogP contribution in [0.3, 0.4) is 0 Å². The molecule has 0 saturated heterocycles. The van der Waals surface area contributed by atoms with E-state index in [-0.39, 0.29) is 23.1 Å². The highest BCUT2D eigenvalue weighted by molar-refractivity contribution is 8.13. The molecule has 5 N–H and O–H groups in total. The maximum atomic E-state index is 13.6. The van der Waals surface area contributed by atoms with Gasteiger partial charge in [-0.3, -0.25) is 19.7 Å². The Kier molecular flexibility index (Phi) is 14.8. The van der Waals surface area contributed by atoms with Gasteiger partial charge in [0.25, 0.3) is 5.91 Å². The van der Waals surface area contributed by atoms with Crippen molar-refractivity contribution in [2.75, 3.05) is 57.6 Å². The van der Waals surface area contributed by atoms with Gasteiger partial charge in [0, 0.05) is 86.0 Å². The first-order chi connectivity index (χ1) is 28.9. The molecule has 1 fully saturated rings. The minimum Gasteiger partial charge on any atom is -0.476 e. The average Bonchev–Trinajstić information content (AvgIpc) is 3.55. The highest BCUT2D eigenvalue weighted by Crippen LogP contribution is 2.43. The summed E-state index contributed by atoms with van der Waals surface area (Å²) >= 11 is 1.38. The fraction of sp³-hybridized carbons (Fsp3) is 0.383. The largest absolute Gasteiger partial charge is 0.476 e. The molecule has 3 unspecified atom stereocenters. The van der Waals surface area contributed by atoms with Gasteiger partial charge >= 0.3 is 5.97 Å². The van der Waals surface area contributed by atoms with Crippen molar-refractivity contribution in [1.82, 2.24) is 15.2 Å². The molecule has 60 heavy (non-hydrogen) atoms. The number of rotatable bonds is 15. The van der Waals surface area contributed by atoms with Crippen molar-refractivity contribution in [3.05, 3.63) is 125 Å². The smallest absolute Gasteiger partial charge is 0.355 e. The topological polar surface area (TPSA) is 158 Å². The molecule has 4 aromatic rings. The molecule has 0 spiro atoms. The molecule has 2 aliphatic rings. The number of benzene rings is 3. The third-order valence-corrected chi connectivity index (χ3v) is 12.5. The van der Waals surface area contributed by atoms with Gasteiger partial charge in [-0.05, 0) is 104 Å². The second-order valence-corrected chi connectivity index (χ2v) is 17.2. The van der Waals surface area contributed by atoms with E-state index in [2.05, 4.69) is 70.7 Å². The quantitative estimate of drug-likeness (QED) is 0.0534. The predicted octanol–water partition coefficient (Wildman–Crippen LogP) is 7.61. The number of ether oxygens (including phenoxy) is 1. The van der Waals surface area contributed by atoms with Crippen LogP contribution in [-0.2, 0) is 24.2 Å². The van der Waals surface area contributed by atoms with E-state index in [4.69, 9.17) is 15.5 Å². The zero-order chi connectivity index (χ0) is 42.8. The number of amides is 1. The normalized spacial score (nSPS) is 19.6. The highest BCUT2D eigenvalue weighted by atomic mass is 32.2. The Morgan fingerprint density at radius 1 is 1.07 bits per heavy atom. The number of carbonyl (C=O) groups excluding carboxylic acids is 1. The highest BCUT2D eigenvalue weighted by Gasteiger charge is 2.40. The number of amidine groups is 1. The summed E-state index contributed by atoms with van der Waals surface area (Å²) in [5, 5.41) is 17.1. The van der Waals surface area contributed by atoms with E-state index < -0.39 is 5.97 Å². The summed E-state index contributed by atoms with van der Waals surface area (Å²) in [6, 6.07) is 27.6. The van der Waals surface area contributed by atoms with E-state index in [1.54, 1.807) is 13.1 Å². The molecule has 13 heteroatoms. The molecule has 12 nitrogen and oxygen atoms in total. The van der Waals surface area contributed by atoms with Crippen molar-refractivity contribution in [3.8, 4) is 0 Å². The number of carboxylic acids is 1. The molecule has 6 rings (SSSR count). The van der Waals surface area contributed by atoms with Gasteiger partial charge in [0.15, 0.2) is 10.9 Å². The lowest BCUT2D eigenvalue weighted by molar-refractivity contribution is 0.0183. The number of anilines is 2. The second-order valence-electron chi connectivity index (χ2n) is 16.2. The van der Waals surface area contributed by atoms with Gasteiger partial charge in [-0.2, -0.15) is 0 Å². The third-order valence-electron chi connectivity index (χ3n) is 11.5. The maximum absolute atomic E-state index is 13.6. The molecule has 1 saturated carbocycles. The van der Waals surface area contributed by atoms with Crippen LogP contribution in [-0.4, -0.2) is 91.2 Å². The van der Waals surface area contributed by atoms with E-state index in [0.29, 0.717) is 72.0 Å². The number of aliphatic imine (C=N–C) groups is 2. The minimum atomic E-state index is -1.16. The van der Waals surface area contributed by atoms with Gasteiger partial charge in [0.1, 0.15) is 5.82 Å². The van der Waals surface area contributed by atoms with Crippen LogP contribution in [0.5, 0.6) is 0 Å². The van der Waals surface area contributed by atoms with Gasteiger partial charge in [-0.1, -0.05) is 68.1 Å². The number of hydrogen-bond acceptors (Lipinski definition) is 11. The Morgan fingerprint density at radius 2 is 1.83 bits per heavy atom. The Balaban J connectivity index is 1.09. The zero-order valence-corrected chi connectivity index (χ0v) is 36.4. The van der Waals surface area contributed by atoms with Gasteiger partial charge in [-0.15, -0.1) is 0 Å². The molecule has 1 amide bonds. The second kappa shape index (κ2) is 20.2. The van der Waals surface area contributed by atoms with Crippen LogP contribution in [0.15, 0.2) is 106 Å². The number of allylic oxidation sites excluding steroid dienone is 1. The van der Waals surface area contributed by atoms with Crippen molar-refractivity contribution in [3.63, 3.8) is 0 Å².